The minimum absolute atomic E-state index is 0.345. The van der Waals surface area contributed by atoms with E-state index >= 15 is 0 Å². The topological polar surface area (TPSA) is 77.6 Å². The van der Waals surface area contributed by atoms with Crippen LogP contribution < -0.4 is 10.2 Å². The van der Waals surface area contributed by atoms with Gasteiger partial charge in [-0.2, -0.15) is 5.26 Å². The molecule has 0 bridgehead atoms. The number of amides is 2. The van der Waals surface area contributed by atoms with Crippen LogP contribution in [-0.2, 0) is 9.59 Å². The number of carbonyl (C=O) groups is 2. The third-order valence-corrected chi connectivity index (χ3v) is 5.23. The zero-order valence-electron chi connectivity index (χ0n) is 17.1. The number of benzene rings is 2. The minimum Gasteiger partial charge on any atom is -0.356 e. The third-order valence-electron chi connectivity index (χ3n) is 5.23. The van der Waals surface area contributed by atoms with Gasteiger partial charge in [0.15, 0.2) is 5.70 Å². The number of nitriles is 1. The van der Waals surface area contributed by atoms with Crippen molar-refractivity contribution in [2.24, 2.45) is 5.92 Å². The van der Waals surface area contributed by atoms with Gasteiger partial charge in [0.2, 0.25) is 11.8 Å². The van der Waals surface area contributed by atoms with Gasteiger partial charge in [0.25, 0.3) is 0 Å². The van der Waals surface area contributed by atoms with E-state index < -0.39 is 17.7 Å². The second-order valence-electron chi connectivity index (χ2n) is 7.18. The second kappa shape index (κ2) is 8.63. The van der Waals surface area contributed by atoms with E-state index in [2.05, 4.69) is 16.2 Å². The van der Waals surface area contributed by atoms with Gasteiger partial charge in [-0.25, -0.2) is 4.85 Å². The Labute approximate surface area is 176 Å². The number of nitrogens with zero attached hydrogens (tertiary/aromatic N) is 3. The van der Waals surface area contributed by atoms with E-state index in [0.717, 1.165) is 5.56 Å². The summed E-state index contributed by atoms with van der Waals surface area (Å²) in [5.74, 6) is -2.57. The summed E-state index contributed by atoms with van der Waals surface area (Å²) in [4.78, 5) is 31.8. The van der Waals surface area contributed by atoms with Crippen LogP contribution in [0.5, 0.6) is 0 Å². The lowest BCUT2D eigenvalue weighted by Crippen LogP contribution is -2.49. The number of anilines is 1. The maximum Gasteiger partial charge on any atom is 0.242 e. The van der Waals surface area contributed by atoms with E-state index in [-0.39, 0.29) is 5.91 Å². The lowest BCUT2D eigenvalue weighted by Gasteiger charge is -2.38. The monoisotopic (exact) mass is 398 g/mol. The molecule has 0 aliphatic carbocycles. The summed E-state index contributed by atoms with van der Waals surface area (Å²) in [6, 6.07) is 16.2. The Bertz CT molecular complexity index is 1100. The quantitative estimate of drug-likeness (QED) is 0.627. The van der Waals surface area contributed by atoms with Crippen molar-refractivity contribution >= 4 is 17.5 Å². The smallest absolute Gasteiger partial charge is 0.242 e. The lowest BCUT2D eigenvalue weighted by molar-refractivity contribution is -0.134. The van der Waals surface area contributed by atoms with Gasteiger partial charge in [-0.3, -0.25) is 14.5 Å². The number of aryl methyl sites for hydroxylation is 1. The molecule has 0 radical (unpaired) electrons. The molecule has 1 N–H and O–H groups in total. The molecule has 2 unspecified atom stereocenters. The Balaban J connectivity index is 2.22. The molecule has 1 aliphatic rings. The summed E-state index contributed by atoms with van der Waals surface area (Å²) in [5.41, 5.74) is 3.59. The molecule has 30 heavy (non-hydrogen) atoms. The zero-order valence-corrected chi connectivity index (χ0v) is 17.1. The van der Waals surface area contributed by atoms with E-state index in [9.17, 15) is 9.59 Å². The van der Waals surface area contributed by atoms with Gasteiger partial charge in [0, 0.05) is 23.8 Å². The fourth-order valence-electron chi connectivity index (χ4n) is 3.85. The fraction of sp³-hybridized carbons (Fsp3) is 0.250. The summed E-state index contributed by atoms with van der Waals surface area (Å²) < 4.78 is 0. The first-order valence-corrected chi connectivity index (χ1v) is 9.69. The molecule has 1 heterocycles. The Morgan fingerprint density at radius 1 is 1.23 bits per heavy atom. The average Bonchev–Trinajstić information content (AvgIpc) is 2.73. The van der Waals surface area contributed by atoms with Crippen molar-refractivity contribution in [1.82, 2.24) is 5.32 Å². The average molecular weight is 398 g/mol. The largest absolute Gasteiger partial charge is 0.356 e. The van der Waals surface area contributed by atoms with Crippen LogP contribution in [0.15, 0.2) is 59.9 Å². The van der Waals surface area contributed by atoms with Crippen molar-refractivity contribution < 1.29 is 9.59 Å². The van der Waals surface area contributed by atoms with Crippen LogP contribution in [0, 0.1) is 30.7 Å². The van der Waals surface area contributed by atoms with Crippen LogP contribution in [0.4, 0.5) is 5.69 Å². The van der Waals surface area contributed by atoms with Gasteiger partial charge < -0.3 is 5.32 Å². The summed E-state index contributed by atoms with van der Waals surface area (Å²) in [6.45, 7) is 13.6. The highest BCUT2D eigenvalue weighted by atomic mass is 16.2. The van der Waals surface area contributed by atoms with Crippen LogP contribution in [0.1, 0.15) is 36.5 Å². The Kier molecular flexibility index (Phi) is 5.99. The first-order chi connectivity index (χ1) is 14.4. The zero-order chi connectivity index (χ0) is 21.8. The molecule has 0 saturated carbocycles. The molecule has 3 rings (SSSR count). The molecule has 2 aromatic carbocycles. The predicted molar refractivity (Wildman–Crippen MR) is 114 cm³/mol. The maximum absolute atomic E-state index is 13.6. The highest BCUT2D eigenvalue weighted by Gasteiger charge is 2.46. The summed E-state index contributed by atoms with van der Waals surface area (Å²) in [6.07, 6.45) is 0. The van der Waals surface area contributed by atoms with Gasteiger partial charge >= 0.3 is 0 Å². The van der Waals surface area contributed by atoms with Gasteiger partial charge in [-0.15, -0.1) is 0 Å². The number of rotatable bonds is 4. The minimum atomic E-state index is -1.08. The molecule has 2 atom stereocenters. The molecule has 150 valence electrons. The Morgan fingerprint density at radius 3 is 2.50 bits per heavy atom. The molecule has 2 aromatic rings. The van der Waals surface area contributed by atoms with E-state index in [1.165, 1.54) is 4.90 Å². The van der Waals surface area contributed by atoms with Crippen molar-refractivity contribution in [3.8, 4) is 6.07 Å². The highest BCUT2D eigenvalue weighted by Crippen LogP contribution is 2.43. The number of allylic oxidation sites excluding steroid dienone is 2. The Morgan fingerprint density at radius 2 is 1.93 bits per heavy atom. The fourth-order valence-corrected chi connectivity index (χ4v) is 3.85. The van der Waals surface area contributed by atoms with Gasteiger partial charge in [0.1, 0.15) is 5.92 Å². The second-order valence-corrected chi connectivity index (χ2v) is 7.18. The van der Waals surface area contributed by atoms with Crippen LogP contribution >= 0.6 is 0 Å². The summed E-state index contributed by atoms with van der Waals surface area (Å²) in [5, 5.41) is 11.8. The number of carbonyl (C=O) groups excluding carboxylic acids is 2. The van der Waals surface area contributed by atoms with Gasteiger partial charge in [-0.1, -0.05) is 24.3 Å². The molecule has 6 nitrogen and oxygen atoms in total. The first kappa shape index (κ1) is 20.8. The summed E-state index contributed by atoms with van der Waals surface area (Å²) >= 11 is 0. The highest BCUT2D eigenvalue weighted by molar-refractivity contribution is 6.11. The van der Waals surface area contributed by atoms with E-state index in [4.69, 9.17) is 11.8 Å². The van der Waals surface area contributed by atoms with Gasteiger partial charge in [-0.05, 0) is 56.2 Å². The molecular weight excluding hydrogens is 376 g/mol. The summed E-state index contributed by atoms with van der Waals surface area (Å²) in [7, 11) is 0. The molecule has 0 fully saturated rings. The van der Waals surface area contributed by atoms with Gasteiger partial charge in [0.05, 0.1) is 18.2 Å². The maximum atomic E-state index is 13.6. The number of hydrogen-bond donors (Lipinski definition) is 1. The van der Waals surface area contributed by atoms with Crippen molar-refractivity contribution in [3.63, 3.8) is 0 Å². The molecular formula is C24H22N4O2. The molecule has 0 aromatic heterocycles. The van der Waals surface area contributed by atoms with E-state index in [1.807, 2.05) is 25.1 Å². The SMILES string of the molecule is [C-]#[N+]C1=C(C)N(c2cccc(C)c2)C(=O)C(C(=O)NCC)C1c1ccc(C#N)cc1. The van der Waals surface area contributed by atoms with Crippen LogP contribution in [0.2, 0.25) is 0 Å². The third kappa shape index (κ3) is 3.68. The van der Waals surface area contributed by atoms with Crippen LogP contribution in [-0.4, -0.2) is 18.4 Å². The molecule has 1 aliphatic heterocycles. The number of nitrogens with one attached hydrogen (secondary N) is 1. The normalized spacial score (nSPS) is 18.6. The first-order valence-electron chi connectivity index (χ1n) is 9.69. The standard InChI is InChI=1S/C24H22N4O2/c1-5-27-23(29)21-20(18-11-9-17(14-25)10-12-18)22(26-4)16(3)28(24(21)30)19-8-6-7-15(2)13-19/h6-13,20-21H,5H2,1-3H3,(H,27,29). The lowest BCUT2D eigenvalue weighted by atomic mass is 9.78. The Hall–Kier alpha value is -3.90. The predicted octanol–water partition coefficient (Wildman–Crippen LogP) is 3.90. The van der Waals surface area contributed by atoms with Crippen LogP contribution in [0.25, 0.3) is 4.85 Å². The number of hydrogen-bond acceptors (Lipinski definition) is 3. The molecule has 0 saturated heterocycles. The van der Waals surface area contributed by atoms with Crippen molar-refractivity contribution in [2.45, 2.75) is 26.7 Å². The molecule has 6 heteroatoms. The van der Waals surface area contributed by atoms with Crippen molar-refractivity contribution in [2.75, 3.05) is 11.4 Å². The van der Waals surface area contributed by atoms with Crippen molar-refractivity contribution in [1.29, 1.82) is 5.26 Å². The van der Waals surface area contributed by atoms with Crippen LogP contribution in [0.3, 0.4) is 0 Å². The van der Waals surface area contributed by atoms with E-state index in [0.29, 0.717) is 34.8 Å². The molecule has 0 spiro atoms. The van der Waals surface area contributed by atoms with Crippen molar-refractivity contribution in [3.05, 3.63) is 88.0 Å². The molecule has 2 amide bonds. The van der Waals surface area contributed by atoms with E-state index in [1.54, 1.807) is 44.2 Å².